The van der Waals surface area contributed by atoms with Crippen molar-refractivity contribution < 1.29 is 19.3 Å². The average molecular weight is 262 g/mol. The Bertz CT molecular complexity index is 397. The fourth-order valence-corrected chi connectivity index (χ4v) is 1.62. The second-order valence-electron chi connectivity index (χ2n) is 3.72. The largest absolute Gasteiger partial charge is 0.493 e. The van der Waals surface area contributed by atoms with E-state index in [0.717, 1.165) is 5.56 Å². The highest BCUT2D eigenvalue weighted by molar-refractivity contribution is 5.85. The van der Waals surface area contributed by atoms with Gasteiger partial charge in [-0.2, -0.15) is 0 Å². The summed E-state index contributed by atoms with van der Waals surface area (Å²) in [5.74, 6) is 1.76. The van der Waals surface area contributed by atoms with Crippen molar-refractivity contribution in [1.29, 1.82) is 0 Å². The molecule has 17 heavy (non-hydrogen) atoms. The molecule has 0 radical (unpaired) electrons. The van der Waals surface area contributed by atoms with Crippen LogP contribution in [0.15, 0.2) is 12.1 Å². The van der Waals surface area contributed by atoms with Gasteiger partial charge in [-0.05, 0) is 24.6 Å². The molecule has 5 nitrogen and oxygen atoms in total. The van der Waals surface area contributed by atoms with Crippen molar-refractivity contribution >= 4 is 12.4 Å². The second kappa shape index (κ2) is 5.44. The van der Waals surface area contributed by atoms with Gasteiger partial charge in [0.25, 0.3) is 0 Å². The van der Waals surface area contributed by atoms with Gasteiger partial charge >= 0.3 is 0 Å². The van der Waals surface area contributed by atoms with E-state index in [1.165, 1.54) is 0 Å². The summed E-state index contributed by atoms with van der Waals surface area (Å²) in [5.41, 5.74) is 6.61. The summed E-state index contributed by atoms with van der Waals surface area (Å²) in [4.78, 5) is 0. The molecule has 0 saturated carbocycles. The highest BCUT2D eigenvalue weighted by Crippen LogP contribution is 2.42. The molecule has 0 aliphatic carbocycles. The highest BCUT2D eigenvalue weighted by atomic mass is 35.5. The van der Waals surface area contributed by atoms with Crippen LogP contribution in [0.1, 0.15) is 18.5 Å². The standard InChI is InChI=1S/C11H15NO4.ClH/c1-6(13)10(12)7-3-8(14-2)11-9(4-7)15-5-16-11;/h3-4,6,10,13H,5,12H2,1-2H3;1H/t6-,10-;/m1./s1. The number of aliphatic hydroxyl groups is 1. The summed E-state index contributed by atoms with van der Waals surface area (Å²) >= 11 is 0. The van der Waals surface area contributed by atoms with Crippen molar-refractivity contribution in [2.24, 2.45) is 5.73 Å². The number of rotatable bonds is 3. The van der Waals surface area contributed by atoms with E-state index in [0.29, 0.717) is 17.2 Å². The molecule has 96 valence electrons. The lowest BCUT2D eigenvalue weighted by molar-refractivity contribution is 0.164. The molecule has 3 N–H and O–H groups in total. The maximum atomic E-state index is 9.45. The molecule has 0 saturated heterocycles. The van der Waals surface area contributed by atoms with E-state index in [2.05, 4.69) is 0 Å². The second-order valence-corrected chi connectivity index (χ2v) is 3.72. The third-order valence-corrected chi connectivity index (χ3v) is 2.59. The maximum Gasteiger partial charge on any atom is 0.231 e. The van der Waals surface area contributed by atoms with Gasteiger partial charge in [0.1, 0.15) is 0 Å². The molecule has 1 aliphatic rings. The lowest BCUT2D eigenvalue weighted by Gasteiger charge is -2.16. The van der Waals surface area contributed by atoms with Crippen molar-refractivity contribution in [3.05, 3.63) is 17.7 Å². The molecular formula is C11H16ClNO4. The van der Waals surface area contributed by atoms with Gasteiger partial charge in [0.15, 0.2) is 11.5 Å². The van der Waals surface area contributed by atoms with Crippen LogP contribution in [0.2, 0.25) is 0 Å². The first-order valence-corrected chi connectivity index (χ1v) is 5.04. The van der Waals surface area contributed by atoms with E-state index < -0.39 is 12.1 Å². The normalized spacial score (nSPS) is 16.0. The molecule has 2 rings (SSSR count). The van der Waals surface area contributed by atoms with Crippen LogP contribution < -0.4 is 19.9 Å². The number of ether oxygens (including phenoxy) is 3. The molecule has 0 aromatic heterocycles. The Kier molecular flexibility index (Phi) is 4.45. The van der Waals surface area contributed by atoms with Crippen LogP contribution >= 0.6 is 12.4 Å². The molecule has 0 unspecified atom stereocenters. The van der Waals surface area contributed by atoms with Crippen LogP contribution in [0.3, 0.4) is 0 Å². The summed E-state index contributed by atoms with van der Waals surface area (Å²) in [5, 5.41) is 9.45. The number of hydrogen-bond acceptors (Lipinski definition) is 5. The quantitative estimate of drug-likeness (QED) is 0.856. The summed E-state index contributed by atoms with van der Waals surface area (Å²) in [6.07, 6.45) is -0.634. The van der Waals surface area contributed by atoms with E-state index in [1.54, 1.807) is 26.2 Å². The Hall–Kier alpha value is -1.17. The van der Waals surface area contributed by atoms with Crippen LogP contribution in [0.25, 0.3) is 0 Å². The van der Waals surface area contributed by atoms with Crippen molar-refractivity contribution in [3.8, 4) is 17.2 Å². The molecule has 1 aromatic carbocycles. The molecule has 0 amide bonds. The summed E-state index contributed by atoms with van der Waals surface area (Å²) in [6.45, 7) is 1.82. The predicted molar refractivity (Wildman–Crippen MR) is 65.0 cm³/mol. The Morgan fingerprint density at radius 3 is 2.71 bits per heavy atom. The predicted octanol–water partition coefficient (Wildman–Crippen LogP) is 1.23. The monoisotopic (exact) mass is 261 g/mol. The van der Waals surface area contributed by atoms with Crippen LogP contribution in [-0.4, -0.2) is 25.1 Å². The minimum absolute atomic E-state index is 0. The van der Waals surface area contributed by atoms with Crippen LogP contribution in [0, 0.1) is 0 Å². The number of aliphatic hydroxyl groups excluding tert-OH is 1. The molecular weight excluding hydrogens is 246 g/mol. The third-order valence-electron chi connectivity index (χ3n) is 2.59. The molecule has 1 aromatic rings. The SMILES string of the molecule is COc1cc([C@H](N)[C@@H](C)O)cc2c1OCO2.Cl. The fraction of sp³-hybridized carbons (Fsp3) is 0.455. The zero-order chi connectivity index (χ0) is 11.7. The van der Waals surface area contributed by atoms with Gasteiger partial charge in [0.05, 0.1) is 19.3 Å². The fourth-order valence-electron chi connectivity index (χ4n) is 1.62. The first-order valence-electron chi connectivity index (χ1n) is 5.04. The van der Waals surface area contributed by atoms with Crippen molar-refractivity contribution in [2.75, 3.05) is 13.9 Å². The molecule has 6 heteroatoms. The van der Waals surface area contributed by atoms with Crippen molar-refractivity contribution in [2.45, 2.75) is 19.1 Å². The van der Waals surface area contributed by atoms with E-state index in [-0.39, 0.29) is 19.2 Å². The Morgan fingerprint density at radius 2 is 2.12 bits per heavy atom. The number of nitrogens with two attached hydrogens (primary N) is 1. The zero-order valence-corrected chi connectivity index (χ0v) is 10.5. The first kappa shape index (κ1) is 13.9. The number of hydrogen-bond donors (Lipinski definition) is 2. The number of benzene rings is 1. The van der Waals surface area contributed by atoms with Crippen LogP contribution in [0.5, 0.6) is 17.2 Å². The number of methoxy groups -OCH3 is 1. The Morgan fingerprint density at radius 1 is 1.41 bits per heavy atom. The molecule has 1 aliphatic heterocycles. The highest BCUT2D eigenvalue weighted by Gasteiger charge is 2.23. The van der Waals surface area contributed by atoms with Gasteiger partial charge in [-0.15, -0.1) is 12.4 Å². The molecule has 0 fully saturated rings. The van der Waals surface area contributed by atoms with Crippen LogP contribution in [0.4, 0.5) is 0 Å². The topological polar surface area (TPSA) is 73.9 Å². The summed E-state index contributed by atoms with van der Waals surface area (Å²) in [7, 11) is 1.55. The van der Waals surface area contributed by atoms with Gasteiger partial charge in [-0.25, -0.2) is 0 Å². The van der Waals surface area contributed by atoms with Gasteiger partial charge in [0.2, 0.25) is 12.5 Å². The lowest BCUT2D eigenvalue weighted by atomic mass is 10.0. The maximum absolute atomic E-state index is 9.45. The van der Waals surface area contributed by atoms with Gasteiger partial charge in [-0.1, -0.05) is 0 Å². The van der Waals surface area contributed by atoms with Crippen LogP contribution in [-0.2, 0) is 0 Å². The molecule has 1 heterocycles. The minimum Gasteiger partial charge on any atom is -0.493 e. The van der Waals surface area contributed by atoms with Gasteiger partial charge in [0, 0.05) is 0 Å². The average Bonchev–Trinajstić information content (AvgIpc) is 2.74. The zero-order valence-electron chi connectivity index (χ0n) is 9.67. The Labute approximate surface area is 106 Å². The Balaban J connectivity index is 0.00000144. The van der Waals surface area contributed by atoms with Gasteiger partial charge < -0.3 is 25.1 Å². The van der Waals surface area contributed by atoms with E-state index in [4.69, 9.17) is 19.9 Å². The minimum atomic E-state index is -0.634. The molecule has 2 atom stereocenters. The van der Waals surface area contributed by atoms with E-state index in [9.17, 15) is 5.11 Å². The molecule has 0 spiro atoms. The molecule has 0 bridgehead atoms. The van der Waals surface area contributed by atoms with Gasteiger partial charge in [-0.3, -0.25) is 0 Å². The van der Waals surface area contributed by atoms with Crippen molar-refractivity contribution in [1.82, 2.24) is 0 Å². The third kappa shape index (κ3) is 2.57. The van der Waals surface area contributed by atoms with E-state index in [1.807, 2.05) is 0 Å². The summed E-state index contributed by atoms with van der Waals surface area (Å²) in [6, 6.07) is 3.05. The number of fused-ring (bicyclic) bond motifs is 1. The van der Waals surface area contributed by atoms with Crippen molar-refractivity contribution in [3.63, 3.8) is 0 Å². The number of halogens is 1. The van der Waals surface area contributed by atoms with E-state index >= 15 is 0 Å². The smallest absolute Gasteiger partial charge is 0.231 e. The summed E-state index contributed by atoms with van der Waals surface area (Å²) < 4.78 is 15.7. The lowest BCUT2D eigenvalue weighted by Crippen LogP contribution is -2.23. The first-order chi connectivity index (χ1) is 7.63.